The Labute approximate surface area is 121 Å². The molecular weight excluding hydrogens is 272 g/mol. The molecule has 1 aromatic heterocycles. The van der Waals surface area contributed by atoms with E-state index in [1.54, 1.807) is 6.07 Å². The van der Waals surface area contributed by atoms with E-state index in [1.165, 1.54) is 0 Å². The predicted molar refractivity (Wildman–Crippen MR) is 76.6 cm³/mol. The molecule has 21 heavy (non-hydrogen) atoms. The highest BCUT2D eigenvalue weighted by Crippen LogP contribution is 2.29. The summed E-state index contributed by atoms with van der Waals surface area (Å²) < 4.78 is 4.57. The highest BCUT2D eigenvalue weighted by molar-refractivity contribution is 6.04. The molecule has 0 fully saturated rings. The number of carboxylic acids is 1. The number of benzene rings is 1. The third kappa shape index (κ3) is 3.28. The van der Waals surface area contributed by atoms with E-state index in [9.17, 15) is 9.59 Å². The largest absolute Gasteiger partial charge is 0.475 e. The average molecular weight is 288 g/mol. The minimum atomic E-state index is -1.27. The molecule has 0 spiro atoms. The second kappa shape index (κ2) is 5.40. The van der Waals surface area contributed by atoms with Gasteiger partial charge in [-0.2, -0.15) is 0 Å². The Kier molecular flexibility index (Phi) is 3.80. The minimum Gasteiger partial charge on any atom is -0.475 e. The topological polar surface area (TPSA) is 92.4 Å². The molecular formula is C15H16N2O4. The smallest absolute Gasteiger partial charge is 0.374 e. The van der Waals surface area contributed by atoms with Crippen molar-refractivity contribution in [1.82, 2.24) is 5.16 Å². The van der Waals surface area contributed by atoms with Crippen molar-refractivity contribution >= 4 is 17.6 Å². The van der Waals surface area contributed by atoms with E-state index in [4.69, 9.17) is 5.11 Å². The summed E-state index contributed by atoms with van der Waals surface area (Å²) in [5.41, 5.74) is 1.42. The van der Waals surface area contributed by atoms with Crippen LogP contribution < -0.4 is 5.32 Å². The van der Waals surface area contributed by atoms with Crippen molar-refractivity contribution in [3.63, 3.8) is 0 Å². The van der Waals surface area contributed by atoms with Gasteiger partial charge in [0.05, 0.1) is 0 Å². The van der Waals surface area contributed by atoms with Gasteiger partial charge in [-0.3, -0.25) is 4.79 Å². The molecule has 0 saturated heterocycles. The van der Waals surface area contributed by atoms with Crippen LogP contribution in [0.15, 0.2) is 34.9 Å². The Morgan fingerprint density at radius 1 is 1.24 bits per heavy atom. The van der Waals surface area contributed by atoms with E-state index in [0.717, 1.165) is 11.6 Å². The molecule has 0 saturated carbocycles. The third-order valence-electron chi connectivity index (χ3n) is 2.94. The first-order valence-corrected chi connectivity index (χ1v) is 6.40. The second-order valence-electron chi connectivity index (χ2n) is 5.63. The molecule has 0 aliphatic heterocycles. The third-order valence-corrected chi connectivity index (χ3v) is 2.94. The summed E-state index contributed by atoms with van der Waals surface area (Å²) in [7, 11) is 0. The van der Waals surface area contributed by atoms with Crippen molar-refractivity contribution < 1.29 is 19.2 Å². The number of carboxylic acid groups (broad SMARTS) is 1. The molecule has 2 rings (SSSR count). The van der Waals surface area contributed by atoms with Crippen LogP contribution in [0.2, 0.25) is 0 Å². The molecule has 6 nitrogen and oxygen atoms in total. The molecule has 110 valence electrons. The number of aromatic nitrogens is 1. The number of aromatic carboxylic acids is 1. The van der Waals surface area contributed by atoms with Crippen LogP contribution in [0.4, 0.5) is 5.69 Å². The molecule has 2 N–H and O–H groups in total. The normalized spacial score (nSPS) is 11.2. The molecule has 0 unspecified atom stereocenters. The molecule has 2 aromatic rings. The zero-order valence-corrected chi connectivity index (χ0v) is 12.0. The van der Waals surface area contributed by atoms with Crippen LogP contribution >= 0.6 is 0 Å². The number of rotatable bonds is 3. The SMILES string of the molecule is CC(C)(C)c1ccccc1NC(=O)c1cc(C(=O)O)on1. The van der Waals surface area contributed by atoms with Gasteiger partial charge in [0, 0.05) is 11.8 Å². The van der Waals surface area contributed by atoms with Crippen LogP contribution in [0.3, 0.4) is 0 Å². The first kappa shape index (κ1) is 14.8. The van der Waals surface area contributed by atoms with Crippen LogP contribution in [-0.2, 0) is 5.41 Å². The summed E-state index contributed by atoms with van der Waals surface area (Å²) in [6.07, 6.45) is 0. The fourth-order valence-electron chi connectivity index (χ4n) is 1.92. The molecule has 0 atom stereocenters. The zero-order valence-electron chi connectivity index (χ0n) is 12.0. The second-order valence-corrected chi connectivity index (χ2v) is 5.63. The Hall–Kier alpha value is -2.63. The number of hydrogen-bond donors (Lipinski definition) is 2. The van der Waals surface area contributed by atoms with Crippen molar-refractivity contribution in [2.75, 3.05) is 5.32 Å². The number of nitrogens with zero attached hydrogens (tertiary/aromatic N) is 1. The molecule has 1 heterocycles. The first-order valence-electron chi connectivity index (χ1n) is 6.40. The number of amides is 1. The first-order chi connectivity index (χ1) is 9.79. The van der Waals surface area contributed by atoms with E-state index in [2.05, 4.69) is 15.0 Å². The van der Waals surface area contributed by atoms with Gasteiger partial charge in [-0.25, -0.2) is 4.79 Å². The number of nitrogens with one attached hydrogen (secondary N) is 1. The van der Waals surface area contributed by atoms with E-state index >= 15 is 0 Å². The molecule has 1 amide bonds. The van der Waals surface area contributed by atoms with Gasteiger partial charge in [-0.15, -0.1) is 0 Å². The van der Waals surface area contributed by atoms with Gasteiger partial charge in [0.1, 0.15) is 0 Å². The van der Waals surface area contributed by atoms with Crippen LogP contribution in [0.25, 0.3) is 0 Å². The summed E-state index contributed by atoms with van der Waals surface area (Å²) in [6, 6.07) is 8.53. The van der Waals surface area contributed by atoms with E-state index in [1.807, 2.05) is 39.0 Å². The highest BCUT2D eigenvalue weighted by Gasteiger charge is 2.21. The maximum Gasteiger partial charge on any atom is 0.374 e. The number of hydrogen-bond acceptors (Lipinski definition) is 4. The van der Waals surface area contributed by atoms with Crippen molar-refractivity contribution in [2.24, 2.45) is 0 Å². The highest BCUT2D eigenvalue weighted by atomic mass is 16.5. The van der Waals surface area contributed by atoms with Crippen LogP contribution in [0, 0.1) is 0 Å². The van der Waals surface area contributed by atoms with Gasteiger partial charge >= 0.3 is 5.97 Å². The van der Waals surface area contributed by atoms with Crippen molar-refractivity contribution in [1.29, 1.82) is 0 Å². The number of carbonyl (C=O) groups is 2. The minimum absolute atomic E-state index is 0.0730. The predicted octanol–water partition coefficient (Wildman–Crippen LogP) is 2.92. The van der Waals surface area contributed by atoms with Crippen LogP contribution in [0.1, 0.15) is 47.4 Å². The van der Waals surface area contributed by atoms with Gasteiger partial charge in [-0.05, 0) is 17.0 Å². The van der Waals surface area contributed by atoms with Crippen molar-refractivity contribution in [2.45, 2.75) is 26.2 Å². The van der Waals surface area contributed by atoms with Crippen LogP contribution in [-0.4, -0.2) is 22.1 Å². The lowest BCUT2D eigenvalue weighted by atomic mass is 9.86. The summed E-state index contributed by atoms with van der Waals surface area (Å²) >= 11 is 0. The fourth-order valence-corrected chi connectivity index (χ4v) is 1.92. The van der Waals surface area contributed by atoms with E-state index in [0.29, 0.717) is 5.69 Å². The van der Waals surface area contributed by atoms with Crippen molar-refractivity contribution in [3.05, 3.63) is 47.3 Å². The van der Waals surface area contributed by atoms with Crippen LogP contribution in [0.5, 0.6) is 0 Å². The summed E-state index contributed by atoms with van der Waals surface area (Å²) in [4.78, 5) is 22.8. The standard InChI is InChI=1S/C15H16N2O4/c1-15(2,3)9-6-4-5-7-10(9)16-13(18)11-8-12(14(19)20)21-17-11/h4-8H,1-3H3,(H,16,18)(H,19,20). The summed E-state index contributed by atoms with van der Waals surface area (Å²) in [5, 5.41) is 14.9. The maximum absolute atomic E-state index is 12.1. The monoisotopic (exact) mass is 288 g/mol. The number of anilines is 1. The quantitative estimate of drug-likeness (QED) is 0.905. The maximum atomic E-state index is 12.1. The molecule has 0 radical (unpaired) electrons. The Morgan fingerprint density at radius 3 is 2.48 bits per heavy atom. The van der Waals surface area contributed by atoms with Gasteiger partial charge in [0.2, 0.25) is 5.76 Å². The summed E-state index contributed by atoms with van der Waals surface area (Å²) in [6.45, 7) is 6.11. The Balaban J connectivity index is 2.25. The summed E-state index contributed by atoms with van der Waals surface area (Å²) in [5.74, 6) is -2.15. The molecule has 1 aromatic carbocycles. The Morgan fingerprint density at radius 2 is 1.90 bits per heavy atom. The lowest BCUT2D eigenvalue weighted by molar-refractivity contribution is 0.0651. The lowest BCUT2D eigenvalue weighted by Gasteiger charge is -2.22. The Bertz CT molecular complexity index is 683. The van der Waals surface area contributed by atoms with Gasteiger partial charge in [0.25, 0.3) is 5.91 Å². The van der Waals surface area contributed by atoms with Gasteiger partial charge in [0.15, 0.2) is 5.69 Å². The van der Waals surface area contributed by atoms with Crippen molar-refractivity contribution in [3.8, 4) is 0 Å². The average Bonchev–Trinajstić information content (AvgIpc) is 2.88. The van der Waals surface area contributed by atoms with Gasteiger partial charge < -0.3 is 14.9 Å². The fraction of sp³-hybridized carbons (Fsp3) is 0.267. The number of carbonyl (C=O) groups excluding carboxylic acids is 1. The molecule has 6 heteroatoms. The molecule has 0 bridgehead atoms. The van der Waals surface area contributed by atoms with E-state index < -0.39 is 11.9 Å². The number of para-hydroxylation sites is 1. The van der Waals surface area contributed by atoms with Gasteiger partial charge in [-0.1, -0.05) is 44.1 Å². The molecule has 0 aliphatic rings. The van der Waals surface area contributed by atoms with E-state index in [-0.39, 0.29) is 16.9 Å². The lowest BCUT2D eigenvalue weighted by Crippen LogP contribution is -2.18. The molecule has 0 aliphatic carbocycles. The zero-order chi connectivity index (χ0) is 15.6.